The number of hydrogen-bond acceptors (Lipinski definition) is 5. The molecular formula is C14H17N3O3S. The Balaban J connectivity index is 1.91. The lowest BCUT2D eigenvalue weighted by Crippen LogP contribution is -2.53. The molecule has 0 spiro atoms. The van der Waals surface area contributed by atoms with Crippen LogP contribution >= 0.6 is 0 Å². The van der Waals surface area contributed by atoms with Crippen LogP contribution in [0.5, 0.6) is 0 Å². The largest absolute Gasteiger partial charge is 0.373 e. The third-order valence-electron chi connectivity index (χ3n) is 4.02. The molecule has 1 aromatic carbocycles. The van der Waals surface area contributed by atoms with E-state index in [1.165, 1.54) is 4.31 Å². The van der Waals surface area contributed by atoms with Crippen LogP contribution in [0.4, 0.5) is 0 Å². The summed E-state index contributed by atoms with van der Waals surface area (Å²) in [5.41, 5.74) is 1.02. The molecule has 0 amide bonds. The monoisotopic (exact) mass is 307 g/mol. The van der Waals surface area contributed by atoms with Crippen molar-refractivity contribution in [3.63, 3.8) is 0 Å². The van der Waals surface area contributed by atoms with Gasteiger partial charge in [-0.05, 0) is 19.1 Å². The standard InChI is InChI=1S/C14H17N3O3S/c1-11-2-4-12(5-3-11)21(18,19)17-6-7-20-14-9-16(10-15)8-13(14)17/h2-5,13-14H,6-9H2,1H3. The number of rotatable bonds is 2. The Kier molecular flexibility index (Phi) is 3.61. The highest BCUT2D eigenvalue weighted by Gasteiger charge is 2.45. The lowest BCUT2D eigenvalue weighted by atomic mass is 10.2. The van der Waals surface area contributed by atoms with Gasteiger partial charge in [-0.25, -0.2) is 8.42 Å². The molecule has 6 nitrogen and oxygen atoms in total. The summed E-state index contributed by atoms with van der Waals surface area (Å²) in [6, 6.07) is 6.56. The van der Waals surface area contributed by atoms with Crippen LogP contribution in [0.3, 0.4) is 0 Å². The molecule has 0 saturated carbocycles. The van der Waals surface area contributed by atoms with E-state index in [1.807, 2.05) is 6.92 Å². The van der Waals surface area contributed by atoms with Crippen molar-refractivity contribution in [3.8, 4) is 6.19 Å². The maximum absolute atomic E-state index is 12.8. The molecule has 2 aliphatic heterocycles. The van der Waals surface area contributed by atoms with E-state index in [4.69, 9.17) is 10.00 Å². The molecular weight excluding hydrogens is 290 g/mol. The minimum atomic E-state index is -3.55. The average Bonchev–Trinajstić information content (AvgIpc) is 2.90. The molecule has 0 aliphatic carbocycles. The van der Waals surface area contributed by atoms with Gasteiger partial charge < -0.3 is 9.64 Å². The van der Waals surface area contributed by atoms with E-state index in [2.05, 4.69) is 6.19 Å². The number of likely N-dealkylation sites (tertiary alicyclic amines) is 1. The van der Waals surface area contributed by atoms with E-state index in [-0.39, 0.29) is 12.1 Å². The number of ether oxygens (including phenoxy) is 1. The van der Waals surface area contributed by atoms with Crippen molar-refractivity contribution in [2.75, 3.05) is 26.2 Å². The fraction of sp³-hybridized carbons (Fsp3) is 0.500. The molecule has 2 heterocycles. The van der Waals surface area contributed by atoms with Crippen molar-refractivity contribution in [1.82, 2.24) is 9.21 Å². The van der Waals surface area contributed by atoms with Crippen LogP contribution in [0.25, 0.3) is 0 Å². The number of hydrogen-bond donors (Lipinski definition) is 0. The molecule has 3 rings (SSSR count). The zero-order valence-corrected chi connectivity index (χ0v) is 12.6. The van der Waals surface area contributed by atoms with Crippen LogP contribution < -0.4 is 0 Å². The Hall–Kier alpha value is -1.62. The Labute approximate surface area is 124 Å². The summed E-state index contributed by atoms with van der Waals surface area (Å²) in [6.45, 7) is 3.47. The van der Waals surface area contributed by atoms with E-state index < -0.39 is 10.0 Å². The lowest BCUT2D eigenvalue weighted by Gasteiger charge is -2.35. The van der Waals surface area contributed by atoms with Crippen molar-refractivity contribution in [3.05, 3.63) is 29.8 Å². The Bertz CT molecular complexity index is 666. The molecule has 7 heteroatoms. The predicted octanol–water partition coefficient (Wildman–Crippen LogP) is 0.550. The van der Waals surface area contributed by atoms with Crippen LogP contribution in [0.15, 0.2) is 29.2 Å². The minimum Gasteiger partial charge on any atom is -0.373 e. The molecule has 0 aromatic heterocycles. The Morgan fingerprint density at radius 3 is 2.67 bits per heavy atom. The molecule has 2 atom stereocenters. The smallest absolute Gasteiger partial charge is 0.243 e. The minimum absolute atomic E-state index is 0.223. The molecule has 0 bridgehead atoms. The molecule has 1 aromatic rings. The second-order valence-electron chi connectivity index (χ2n) is 5.41. The first-order valence-corrected chi connectivity index (χ1v) is 8.31. The van der Waals surface area contributed by atoms with Gasteiger partial charge in [0.25, 0.3) is 0 Å². The average molecular weight is 307 g/mol. The number of sulfonamides is 1. The number of nitrogens with zero attached hydrogens (tertiary/aromatic N) is 3. The van der Waals surface area contributed by atoms with Crippen molar-refractivity contribution < 1.29 is 13.2 Å². The zero-order chi connectivity index (χ0) is 15.0. The molecule has 0 N–H and O–H groups in total. The van der Waals surface area contributed by atoms with Crippen molar-refractivity contribution in [2.45, 2.75) is 24.0 Å². The van der Waals surface area contributed by atoms with Crippen LogP contribution in [-0.4, -0.2) is 56.0 Å². The van der Waals surface area contributed by atoms with Gasteiger partial charge in [-0.1, -0.05) is 17.7 Å². The Morgan fingerprint density at radius 2 is 2.00 bits per heavy atom. The van der Waals surface area contributed by atoms with Gasteiger partial charge in [-0.3, -0.25) is 0 Å². The molecule has 2 saturated heterocycles. The normalized spacial score (nSPS) is 26.4. The first-order chi connectivity index (χ1) is 10.0. The van der Waals surface area contributed by atoms with Crippen molar-refractivity contribution >= 4 is 10.0 Å². The molecule has 0 radical (unpaired) electrons. The fourth-order valence-electron chi connectivity index (χ4n) is 2.88. The third kappa shape index (κ3) is 2.50. The predicted molar refractivity (Wildman–Crippen MR) is 75.8 cm³/mol. The number of nitriles is 1. The summed E-state index contributed by atoms with van der Waals surface area (Å²) in [6.07, 6.45) is 1.85. The quantitative estimate of drug-likeness (QED) is 0.746. The molecule has 112 valence electrons. The topological polar surface area (TPSA) is 73.6 Å². The summed E-state index contributed by atoms with van der Waals surface area (Å²) >= 11 is 0. The van der Waals surface area contributed by atoms with E-state index >= 15 is 0 Å². The highest BCUT2D eigenvalue weighted by molar-refractivity contribution is 7.89. The lowest BCUT2D eigenvalue weighted by molar-refractivity contribution is -0.0156. The second kappa shape index (κ2) is 5.30. The number of benzene rings is 1. The first-order valence-electron chi connectivity index (χ1n) is 6.87. The summed E-state index contributed by atoms with van der Waals surface area (Å²) in [7, 11) is -3.55. The van der Waals surface area contributed by atoms with Crippen LogP contribution in [0.1, 0.15) is 5.56 Å². The van der Waals surface area contributed by atoms with Gasteiger partial charge in [0.05, 0.1) is 30.2 Å². The highest BCUT2D eigenvalue weighted by atomic mass is 32.2. The summed E-state index contributed by atoms with van der Waals surface area (Å²) in [4.78, 5) is 1.85. The van der Waals surface area contributed by atoms with E-state index in [0.29, 0.717) is 31.1 Å². The van der Waals surface area contributed by atoms with E-state index in [0.717, 1.165) is 5.56 Å². The summed E-state index contributed by atoms with van der Waals surface area (Å²) in [5.74, 6) is 0. The van der Waals surface area contributed by atoms with Gasteiger partial charge in [0.15, 0.2) is 6.19 Å². The fourth-order valence-corrected chi connectivity index (χ4v) is 4.51. The first kappa shape index (κ1) is 14.3. The van der Waals surface area contributed by atoms with Gasteiger partial charge in [0.1, 0.15) is 0 Å². The van der Waals surface area contributed by atoms with E-state index in [9.17, 15) is 8.42 Å². The molecule has 2 unspecified atom stereocenters. The van der Waals surface area contributed by atoms with Gasteiger partial charge in [0, 0.05) is 13.1 Å². The third-order valence-corrected chi connectivity index (χ3v) is 5.96. The van der Waals surface area contributed by atoms with Gasteiger partial charge in [0.2, 0.25) is 10.0 Å². The molecule has 2 aliphatic rings. The maximum Gasteiger partial charge on any atom is 0.243 e. The van der Waals surface area contributed by atoms with Crippen LogP contribution in [-0.2, 0) is 14.8 Å². The Morgan fingerprint density at radius 1 is 1.29 bits per heavy atom. The number of aryl methyl sites for hydroxylation is 1. The van der Waals surface area contributed by atoms with Gasteiger partial charge in [-0.15, -0.1) is 0 Å². The SMILES string of the molecule is Cc1ccc(S(=O)(=O)N2CCOC3CN(C#N)CC32)cc1. The summed E-state index contributed by atoms with van der Waals surface area (Å²) in [5, 5.41) is 9.00. The summed E-state index contributed by atoms with van der Waals surface area (Å²) < 4.78 is 32.7. The van der Waals surface area contributed by atoms with E-state index in [1.54, 1.807) is 29.2 Å². The molecule has 2 fully saturated rings. The number of fused-ring (bicyclic) bond motifs is 1. The zero-order valence-electron chi connectivity index (χ0n) is 11.8. The second-order valence-corrected chi connectivity index (χ2v) is 7.30. The van der Waals surface area contributed by atoms with Crippen LogP contribution in [0, 0.1) is 18.4 Å². The van der Waals surface area contributed by atoms with Crippen molar-refractivity contribution in [1.29, 1.82) is 5.26 Å². The number of morpholine rings is 1. The maximum atomic E-state index is 12.8. The van der Waals surface area contributed by atoms with Gasteiger partial charge >= 0.3 is 0 Å². The van der Waals surface area contributed by atoms with Crippen LogP contribution in [0.2, 0.25) is 0 Å². The molecule has 21 heavy (non-hydrogen) atoms. The van der Waals surface area contributed by atoms with Crippen molar-refractivity contribution in [2.24, 2.45) is 0 Å². The highest BCUT2D eigenvalue weighted by Crippen LogP contribution is 2.28. The van der Waals surface area contributed by atoms with Gasteiger partial charge in [-0.2, -0.15) is 9.57 Å².